The molecule has 0 fully saturated rings. The normalized spacial score (nSPS) is 12.3. The molecule has 1 amide bonds. The Morgan fingerprint density at radius 2 is 1.93 bits per heavy atom. The summed E-state index contributed by atoms with van der Waals surface area (Å²) in [7, 11) is 1.65. The first-order chi connectivity index (χ1) is 6.90. The fourth-order valence-electron chi connectivity index (χ4n) is 0.853. The molecule has 0 heterocycles. The Kier molecular flexibility index (Phi) is 5.52. The summed E-state index contributed by atoms with van der Waals surface area (Å²) >= 11 is 0. The molecule has 0 aliphatic heterocycles. The van der Waals surface area contributed by atoms with E-state index in [2.05, 4.69) is 10.3 Å². The van der Waals surface area contributed by atoms with Crippen LogP contribution in [0.2, 0.25) is 0 Å². The lowest BCUT2D eigenvalue weighted by atomic mass is 10.1. The van der Waals surface area contributed by atoms with Gasteiger partial charge in [-0.15, -0.1) is 0 Å². The molecule has 0 aromatic heterocycles. The van der Waals surface area contributed by atoms with Crippen LogP contribution in [-0.2, 0) is 4.79 Å². The third kappa shape index (κ3) is 4.54. The summed E-state index contributed by atoms with van der Waals surface area (Å²) in [6.45, 7) is 7.14. The molecule has 15 heavy (non-hydrogen) atoms. The van der Waals surface area contributed by atoms with E-state index in [1.807, 2.05) is 13.8 Å². The lowest BCUT2D eigenvalue weighted by Crippen LogP contribution is -2.32. The predicted molar refractivity (Wildman–Crippen MR) is 63.5 cm³/mol. The number of amides is 1. The number of carbonyl (C=O) groups excluding carboxylic acids is 1. The van der Waals surface area contributed by atoms with Crippen LogP contribution in [0.4, 0.5) is 0 Å². The van der Waals surface area contributed by atoms with Crippen molar-refractivity contribution in [2.75, 3.05) is 7.05 Å². The zero-order chi connectivity index (χ0) is 12.0. The average molecular weight is 209 g/mol. The van der Waals surface area contributed by atoms with Crippen LogP contribution >= 0.6 is 0 Å². The van der Waals surface area contributed by atoms with Crippen LogP contribution in [0.25, 0.3) is 0 Å². The number of allylic oxidation sites excluding steroid dienone is 2. The van der Waals surface area contributed by atoms with Crippen molar-refractivity contribution < 1.29 is 4.79 Å². The molecule has 1 unspecified atom stereocenters. The number of nitrogens with zero attached hydrogens (tertiary/aromatic N) is 1. The summed E-state index contributed by atoms with van der Waals surface area (Å²) in [4.78, 5) is 15.5. The van der Waals surface area contributed by atoms with Gasteiger partial charge in [-0.3, -0.25) is 9.79 Å². The molecule has 0 aromatic carbocycles. The van der Waals surface area contributed by atoms with Crippen LogP contribution in [0.1, 0.15) is 27.7 Å². The maximum Gasteiger partial charge on any atom is 0.232 e. The Balaban J connectivity index is 4.65. The van der Waals surface area contributed by atoms with Crippen LogP contribution in [0, 0.1) is 11.3 Å². The highest BCUT2D eigenvalue weighted by atomic mass is 16.1. The van der Waals surface area contributed by atoms with Gasteiger partial charge in [-0.2, -0.15) is 0 Å². The number of aliphatic imine (C=N–C) groups is 1. The molecule has 1 atom stereocenters. The molecule has 0 aliphatic rings. The molecule has 0 saturated carbocycles. The monoisotopic (exact) mass is 209 g/mol. The quantitative estimate of drug-likeness (QED) is 0.681. The van der Waals surface area contributed by atoms with E-state index in [-0.39, 0.29) is 5.91 Å². The van der Waals surface area contributed by atoms with Gasteiger partial charge in [0.15, 0.2) is 0 Å². The fourth-order valence-corrected chi connectivity index (χ4v) is 0.853. The van der Waals surface area contributed by atoms with Crippen LogP contribution in [0.15, 0.2) is 16.3 Å². The molecule has 0 bridgehead atoms. The molecule has 2 N–H and O–H groups in total. The second-order valence-electron chi connectivity index (χ2n) is 3.69. The van der Waals surface area contributed by atoms with Gasteiger partial charge in [0.1, 0.15) is 0 Å². The number of rotatable bonds is 4. The molecule has 0 rings (SSSR count). The summed E-state index contributed by atoms with van der Waals surface area (Å²) in [5.74, 6) is -0.566. The highest BCUT2D eigenvalue weighted by molar-refractivity contribution is 6.03. The number of nitrogens with one attached hydrogen (secondary N) is 2. The van der Waals surface area contributed by atoms with Gasteiger partial charge in [-0.25, -0.2) is 0 Å². The summed E-state index contributed by atoms with van der Waals surface area (Å²) in [6.07, 6.45) is 1.61. The molecule has 0 spiro atoms. The largest absolute Gasteiger partial charge is 0.324 e. The van der Waals surface area contributed by atoms with E-state index < -0.39 is 5.92 Å². The molecule has 0 aliphatic carbocycles. The van der Waals surface area contributed by atoms with Crippen LogP contribution in [0.5, 0.6) is 0 Å². The Morgan fingerprint density at radius 3 is 2.27 bits per heavy atom. The number of carbonyl (C=O) groups is 1. The maximum absolute atomic E-state index is 11.6. The van der Waals surface area contributed by atoms with Crippen molar-refractivity contribution in [2.45, 2.75) is 27.7 Å². The summed E-state index contributed by atoms with van der Waals surface area (Å²) in [5.41, 5.74) is 2.05. The topological polar surface area (TPSA) is 65.3 Å². The zero-order valence-electron chi connectivity index (χ0n) is 10.0. The van der Waals surface area contributed by atoms with E-state index in [0.29, 0.717) is 11.4 Å². The van der Waals surface area contributed by atoms with Crippen molar-refractivity contribution in [3.63, 3.8) is 0 Å². The molecule has 4 heteroatoms. The van der Waals surface area contributed by atoms with Gasteiger partial charge in [0.25, 0.3) is 0 Å². The fraction of sp³-hybridized carbons (Fsp3) is 0.545. The smallest absolute Gasteiger partial charge is 0.232 e. The molecule has 84 valence electrons. The Bertz CT molecular complexity index is 312. The van der Waals surface area contributed by atoms with Crippen molar-refractivity contribution in [3.05, 3.63) is 11.3 Å². The van der Waals surface area contributed by atoms with Crippen molar-refractivity contribution in [2.24, 2.45) is 10.9 Å². The zero-order valence-corrected chi connectivity index (χ0v) is 10.0. The van der Waals surface area contributed by atoms with Gasteiger partial charge >= 0.3 is 0 Å². The van der Waals surface area contributed by atoms with Gasteiger partial charge in [-0.05, 0) is 27.7 Å². The van der Waals surface area contributed by atoms with E-state index >= 15 is 0 Å². The van der Waals surface area contributed by atoms with Crippen LogP contribution in [0.3, 0.4) is 0 Å². The third-order valence-electron chi connectivity index (χ3n) is 2.10. The number of hydrogen-bond acceptors (Lipinski definition) is 3. The van der Waals surface area contributed by atoms with Crippen LogP contribution < -0.4 is 5.32 Å². The van der Waals surface area contributed by atoms with Crippen molar-refractivity contribution in [1.29, 1.82) is 5.41 Å². The highest BCUT2D eigenvalue weighted by Gasteiger charge is 2.15. The second-order valence-corrected chi connectivity index (χ2v) is 3.69. The number of hydrogen-bond donors (Lipinski definition) is 2. The van der Waals surface area contributed by atoms with Gasteiger partial charge in [-0.1, -0.05) is 5.57 Å². The van der Waals surface area contributed by atoms with E-state index in [1.165, 1.54) is 0 Å². The molecule has 0 saturated heterocycles. The van der Waals surface area contributed by atoms with Crippen molar-refractivity contribution in [1.82, 2.24) is 5.32 Å². The van der Waals surface area contributed by atoms with Crippen molar-refractivity contribution in [3.8, 4) is 0 Å². The minimum absolute atomic E-state index is 0.168. The van der Waals surface area contributed by atoms with Gasteiger partial charge in [0, 0.05) is 19.0 Å². The molecule has 0 aromatic rings. The molecule has 0 radical (unpaired) electrons. The Labute approximate surface area is 91.0 Å². The summed E-state index contributed by atoms with van der Waals surface area (Å²) in [6, 6.07) is 0. The first kappa shape index (κ1) is 13.5. The lowest BCUT2D eigenvalue weighted by molar-refractivity contribution is -0.121. The highest BCUT2D eigenvalue weighted by Crippen LogP contribution is 2.01. The van der Waals surface area contributed by atoms with E-state index in [1.54, 1.807) is 27.1 Å². The predicted octanol–water partition coefficient (Wildman–Crippen LogP) is 1.77. The Morgan fingerprint density at radius 1 is 1.40 bits per heavy atom. The van der Waals surface area contributed by atoms with E-state index in [0.717, 1.165) is 5.57 Å². The van der Waals surface area contributed by atoms with Gasteiger partial charge in [0.05, 0.1) is 11.6 Å². The average Bonchev–Trinajstić information content (AvgIpc) is 2.15. The SMILES string of the molecule is CN=CC(NC(=O)C(C)C(C)=N)=C(C)C. The molecular weight excluding hydrogens is 190 g/mol. The first-order valence-corrected chi connectivity index (χ1v) is 4.85. The minimum Gasteiger partial charge on any atom is -0.324 e. The molecule has 4 nitrogen and oxygen atoms in total. The van der Waals surface area contributed by atoms with Gasteiger partial charge in [0.2, 0.25) is 5.91 Å². The first-order valence-electron chi connectivity index (χ1n) is 4.85. The van der Waals surface area contributed by atoms with E-state index in [4.69, 9.17) is 5.41 Å². The standard InChI is InChI=1S/C11H19N3O/c1-7(2)10(6-13-5)14-11(15)8(3)9(4)12/h6,8,12H,1-5H3,(H,14,15). The van der Waals surface area contributed by atoms with Gasteiger partial charge < -0.3 is 10.7 Å². The minimum atomic E-state index is -0.399. The van der Waals surface area contributed by atoms with E-state index in [9.17, 15) is 4.79 Å². The lowest BCUT2D eigenvalue weighted by Gasteiger charge is -2.12. The molecular formula is C11H19N3O. The third-order valence-corrected chi connectivity index (χ3v) is 2.10. The Hall–Kier alpha value is -1.45. The summed E-state index contributed by atoms with van der Waals surface area (Å²) in [5, 5.41) is 10.1. The summed E-state index contributed by atoms with van der Waals surface area (Å²) < 4.78 is 0. The second kappa shape index (κ2) is 6.11. The van der Waals surface area contributed by atoms with Crippen LogP contribution in [-0.4, -0.2) is 24.9 Å². The van der Waals surface area contributed by atoms with Crippen molar-refractivity contribution >= 4 is 17.8 Å². The maximum atomic E-state index is 11.6.